The Hall–Kier alpha value is -3.75. The molecule has 0 aromatic heterocycles. The summed E-state index contributed by atoms with van der Waals surface area (Å²) in [5.74, 6) is -0.116. The van der Waals surface area contributed by atoms with Crippen LogP contribution in [0.4, 0.5) is 16.2 Å². The van der Waals surface area contributed by atoms with Crippen LogP contribution >= 0.6 is 11.6 Å². The van der Waals surface area contributed by atoms with Crippen molar-refractivity contribution in [3.05, 3.63) is 88.9 Å². The lowest BCUT2D eigenvalue weighted by Crippen LogP contribution is -2.40. The molecule has 1 atom stereocenters. The van der Waals surface area contributed by atoms with Crippen LogP contribution in [0.1, 0.15) is 44.9 Å². The largest absolute Gasteiger partial charge is 0.444 e. The van der Waals surface area contributed by atoms with E-state index in [4.69, 9.17) is 21.2 Å². The van der Waals surface area contributed by atoms with Gasteiger partial charge >= 0.3 is 12.1 Å². The number of hydrogen-bond donors (Lipinski definition) is 2. The number of ether oxygens (including phenoxy) is 1. The maximum absolute atomic E-state index is 12.9. The summed E-state index contributed by atoms with van der Waals surface area (Å²) in [4.78, 5) is 34.7. The van der Waals surface area contributed by atoms with Crippen LogP contribution in [-0.4, -0.2) is 40.8 Å². The SMILES string of the molecule is CC(=O)OOc1ccc(Nc2ccc(CCN(C[C@H](O)c3cccc(Cl)c3)C(=O)OC(C)(C)C)cc2)cc1. The third-order valence-electron chi connectivity index (χ3n) is 5.30. The van der Waals surface area contributed by atoms with E-state index in [1.807, 2.05) is 45.0 Å². The van der Waals surface area contributed by atoms with Crippen molar-refractivity contribution in [3.63, 3.8) is 0 Å². The second kappa shape index (κ2) is 13.2. The highest BCUT2D eigenvalue weighted by Gasteiger charge is 2.24. The average Bonchev–Trinajstić information content (AvgIpc) is 2.85. The summed E-state index contributed by atoms with van der Waals surface area (Å²) in [6, 6.07) is 21.8. The summed E-state index contributed by atoms with van der Waals surface area (Å²) in [5, 5.41) is 14.6. The Bertz CT molecular complexity index is 1210. The summed E-state index contributed by atoms with van der Waals surface area (Å²) >= 11 is 6.07. The van der Waals surface area contributed by atoms with Crippen LogP contribution in [0.15, 0.2) is 72.8 Å². The molecule has 0 unspecified atom stereocenters. The second-order valence-corrected chi connectivity index (χ2v) is 10.2. The molecule has 0 saturated heterocycles. The minimum Gasteiger partial charge on any atom is -0.444 e. The van der Waals surface area contributed by atoms with Crippen LogP contribution in [0.5, 0.6) is 5.75 Å². The van der Waals surface area contributed by atoms with Gasteiger partial charge in [0.1, 0.15) is 5.60 Å². The maximum Gasteiger partial charge on any atom is 0.410 e. The number of hydrogen-bond acceptors (Lipinski definition) is 7. The molecule has 202 valence electrons. The van der Waals surface area contributed by atoms with Gasteiger partial charge in [0.05, 0.1) is 12.6 Å². The molecule has 0 saturated carbocycles. The number of amides is 1. The molecule has 9 heteroatoms. The lowest BCUT2D eigenvalue weighted by molar-refractivity contribution is -0.210. The average molecular weight is 541 g/mol. The molecule has 3 aromatic carbocycles. The van der Waals surface area contributed by atoms with Crippen LogP contribution in [0.25, 0.3) is 0 Å². The highest BCUT2D eigenvalue weighted by molar-refractivity contribution is 6.30. The van der Waals surface area contributed by atoms with Gasteiger partial charge in [-0.05, 0) is 86.8 Å². The number of rotatable bonds is 10. The van der Waals surface area contributed by atoms with Gasteiger partial charge in [-0.15, -0.1) is 0 Å². The van der Waals surface area contributed by atoms with E-state index in [1.54, 1.807) is 48.5 Å². The molecule has 1 amide bonds. The van der Waals surface area contributed by atoms with E-state index in [-0.39, 0.29) is 6.54 Å². The third kappa shape index (κ3) is 9.61. The maximum atomic E-state index is 12.9. The van der Waals surface area contributed by atoms with Crippen LogP contribution in [-0.2, 0) is 20.8 Å². The smallest absolute Gasteiger partial charge is 0.410 e. The zero-order valence-electron chi connectivity index (χ0n) is 21.9. The molecule has 0 aliphatic carbocycles. The van der Waals surface area contributed by atoms with Crippen molar-refractivity contribution in [1.29, 1.82) is 0 Å². The zero-order valence-corrected chi connectivity index (χ0v) is 22.7. The van der Waals surface area contributed by atoms with Crippen LogP contribution in [0.2, 0.25) is 5.02 Å². The van der Waals surface area contributed by atoms with E-state index < -0.39 is 23.8 Å². The van der Waals surface area contributed by atoms with E-state index in [9.17, 15) is 14.7 Å². The minimum absolute atomic E-state index is 0.0755. The Kier molecular flexibility index (Phi) is 9.98. The Morgan fingerprint density at radius 2 is 1.63 bits per heavy atom. The number of benzene rings is 3. The highest BCUT2D eigenvalue weighted by Crippen LogP contribution is 2.22. The predicted molar refractivity (Wildman–Crippen MR) is 146 cm³/mol. The van der Waals surface area contributed by atoms with Gasteiger partial charge in [0.25, 0.3) is 0 Å². The van der Waals surface area contributed by atoms with Gasteiger partial charge in [-0.1, -0.05) is 35.9 Å². The monoisotopic (exact) mass is 540 g/mol. The zero-order chi connectivity index (χ0) is 27.7. The van der Waals surface area contributed by atoms with Gasteiger partial charge in [-0.2, -0.15) is 0 Å². The van der Waals surface area contributed by atoms with Gasteiger partial charge in [0.15, 0.2) is 5.75 Å². The third-order valence-corrected chi connectivity index (χ3v) is 5.54. The molecule has 0 aliphatic rings. The number of carbonyl (C=O) groups is 2. The van der Waals surface area contributed by atoms with Crippen molar-refractivity contribution in [2.75, 3.05) is 18.4 Å². The first kappa shape index (κ1) is 28.8. The van der Waals surface area contributed by atoms with E-state index in [1.165, 1.54) is 11.8 Å². The van der Waals surface area contributed by atoms with E-state index in [0.29, 0.717) is 29.3 Å². The summed E-state index contributed by atoms with van der Waals surface area (Å²) in [5.41, 5.74) is 2.70. The molecule has 0 radical (unpaired) electrons. The topological polar surface area (TPSA) is 97.3 Å². The number of aliphatic hydroxyl groups is 1. The molecule has 8 nitrogen and oxygen atoms in total. The van der Waals surface area contributed by atoms with Crippen molar-refractivity contribution in [3.8, 4) is 5.75 Å². The molecule has 0 fully saturated rings. The Morgan fingerprint density at radius 3 is 2.21 bits per heavy atom. The number of nitrogens with one attached hydrogen (secondary N) is 1. The summed E-state index contributed by atoms with van der Waals surface area (Å²) in [6.07, 6.45) is -0.819. The normalized spacial score (nSPS) is 11.8. The quantitative estimate of drug-likeness (QED) is 0.225. The number of halogens is 1. The molecular weight excluding hydrogens is 508 g/mol. The Labute approximate surface area is 228 Å². The molecule has 0 heterocycles. The number of carbonyl (C=O) groups excluding carboxylic acids is 2. The van der Waals surface area contributed by atoms with E-state index in [0.717, 1.165) is 16.9 Å². The Morgan fingerprint density at radius 1 is 1.00 bits per heavy atom. The van der Waals surface area contributed by atoms with E-state index in [2.05, 4.69) is 10.2 Å². The summed E-state index contributed by atoms with van der Waals surface area (Å²) in [7, 11) is 0. The molecule has 0 spiro atoms. The fraction of sp³-hybridized carbons (Fsp3) is 0.310. The fourth-order valence-electron chi connectivity index (χ4n) is 3.50. The van der Waals surface area contributed by atoms with Crippen LogP contribution in [0.3, 0.4) is 0 Å². The molecule has 3 aromatic rings. The molecule has 0 aliphatic heterocycles. The van der Waals surface area contributed by atoms with Gasteiger partial charge in [0.2, 0.25) is 0 Å². The van der Waals surface area contributed by atoms with Crippen LogP contribution < -0.4 is 10.2 Å². The van der Waals surface area contributed by atoms with Gasteiger partial charge < -0.3 is 20.1 Å². The number of aliphatic hydroxyl groups excluding tert-OH is 1. The fourth-order valence-corrected chi connectivity index (χ4v) is 3.70. The molecule has 0 bridgehead atoms. The van der Waals surface area contributed by atoms with Crippen molar-refractivity contribution >= 4 is 35.0 Å². The van der Waals surface area contributed by atoms with Gasteiger partial charge in [0, 0.05) is 29.9 Å². The van der Waals surface area contributed by atoms with Gasteiger partial charge in [-0.3, -0.25) is 9.78 Å². The van der Waals surface area contributed by atoms with E-state index >= 15 is 0 Å². The first-order chi connectivity index (χ1) is 18.0. The van der Waals surface area contributed by atoms with Crippen LogP contribution in [0, 0.1) is 0 Å². The first-order valence-electron chi connectivity index (χ1n) is 12.2. The number of anilines is 2. The van der Waals surface area contributed by atoms with Crippen molar-refractivity contribution in [1.82, 2.24) is 4.90 Å². The molecule has 3 rings (SSSR count). The second-order valence-electron chi connectivity index (χ2n) is 9.75. The molecular formula is C29H33ClN2O6. The molecule has 2 N–H and O–H groups in total. The van der Waals surface area contributed by atoms with Gasteiger partial charge in [-0.25, -0.2) is 9.59 Å². The number of nitrogens with zero attached hydrogens (tertiary/aromatic N) is 1. The summed E-state index contributed by atoms with van der Waals surface area (Å²) in [6.45, 7) is 7.13. The molecule has 38 heavy (non-hydrogen) atoms. The van der Waals surface area contributed by atoms with Crippen molar-refractivity contribution < 1.29 is 29.2 Å². The van der Waals surface area contributed by atoms with Crippen molar-refractivity contribution in [2.24, 2.45) is 0 Å². The summed E-state index contributed by atoms with van der Waals surface area (Å²) < 4.78 is 5.58. The lowest BCUT2D eigenvalue weighted by atomic mass is 10.1. The first-order valence-corrected chi connectivity index (χ1v) is 12.6. The predicted octanol–water partition coefficient (Wildman–Crippen LogP) is 6.45. The highest BCUT2D eigenvalue weighted by atomic mass is 35.5. The van der Waals surface area contributed by atoms with Crippen molar-refractivity contribution in [2.45, 2.75) is 45.8 Å². The standard InChI is InChI=1S/C29H33ClN2O6/c1-20(33)37-38-26-14-12-25(13-15-26)31-24-10-8-21(9-11-24)16-17-32(28(35)36-29(2,3)4)19-27(34)22-6-5-7-23(30)18-22/h5-15,18,27,31,34H,16-17,19H2,1-4H3/t27-/m0/s1. The minimum atomic E-state index is -0.904. The Balaban J connectivity index is 1.61. The lowest BCUT2D eigenvalue weighted by Gasteiger charge is -2.29.